The fourth-order valence-corrected chi connectivity index (χ4v) is 4.97. The van der Waals surface area contributed by atoms with Crippen LogP contribution in [0.3, 0.4) is 0 Å². The van der Waals surface area contributed by atoms with E-state index in [1.54, 1.807) is 36.4 Å². The zero-order chi connectivity index (χ0) is 19.7. The molecule has 2 aliphatic heterocycles. The van der Waals surface area contributed by atoms with Crippen molar-refractivity contribution in [3.05, 3.63) is 59.1 Å². The maximum atomic E-state index is 13.0. The minimum Gasteiger partial charge on any atom is -0.508 e. The van der Waals surface area contributed by atoms with Gasteiger partial charge in [0.1, 0.15) is 12.1 Å². The Labute approximate surface area is 166 Å². The average Bonchev–Trinajstić information content (AvgIpc) is 3.31. The number of hydrogen-bond donors (Lipinski definition) is 2. The minimum atomic E-state index is -0.263. The van der Waals surface area contributed by atoms with Crippen LogP contribution in [0.15, 0.2) is 53.6 Å². The molecule has 1 aliphatic carbocycles. The van der Waals surface area contributed by atoms with Gasteiger partial charge in [0, 0.05) is 11.8 Å². The average molecular weight is 389 g/mol. The zero-order valence-corrected chi connectivity index (χ0v) is 15.5. The highest BCUT2D eigenvalue weighted by molar-refractivity contribution is 5.95. The largest absolute Gasteiger partial charge is 0.508 e. The standard InChI is InChI=1S/C22H19N3O4/c26-13-3-1-2-12(7-13)25-10-23-18-5-4-11(6-16(18)22(25)28)24-21(27)17-9-19-14-8-15(14)20(17)29-19/h1-7,10,14-15,17,19-20,26H,8-9H2,(H,24,27)/t14-,15+,17-,19+,20+/m1/s1. The Bertz CT molecular complexity index is 1220. The van der Waals surface area contributed by atoms with Crippen LogP contribution in [0.1, 0.15) is 12.8 Å². The lowest BCUT2D eigenvalue weighted by molar-refractivity contribution is -0.121. The summed E-state index contributed by atoms with van der Waals surface area (Å²) in [6, 6.07) is 11.6. The number of nitrogens with one attached hydrogen (secondary N) is 1. The van der Waals surface area contributed by atoms with E-state index in [4.69, 9.17) is 4.74 Å². The summed E-state index contributed by atoms with van der Waals surface area (Å²) in [6.07, 6.45) is 3.72. The van der Waals surface area contributed by atoms with Crippen LogP contribution in [0.5, 0.6) is 5.75 Å². The molecule has 6 rings (SSSR count). The maximum Gasteiger partial charge on any atom is 0.265 e. The van der Waals surface area contributed by atoms with Gasteiger partial charge in [0.05, 0.1) is 34.7 Å². The molecule has 7 heteroatoms. The fourth-order valence-electron chi connectivity index (χ4n) is 4.97. The summed E-state index contributed by atoms with van der Waals surface area (Å²) in [6.45, 7) is 0. The number of amides is 1. The summed E-state index contributed by atoms with van der Waals surface area (Å²) < 4.78 is 7.30. The molecule has 3 fully saturated rings. The number of benzene rings is 2. The monoisotopic (exact) mass is 389 g/mol. The highest BCUT2D eigenvalue weighted by atomic mass is 16.5. The number of aromatic nitrogens is 2. The predicted octanol–water partition coefficient (Wildman–Crippen LogP) is 2.45. The molecule has 1 amide bonds. The number of rotatable bonds is 3. The maximum absolute atomic E-state index is 13.0. The number of carbonyl (C=O) groups excluding carboxylic acids is 1. The van der Waals surface area contributed by atoms with Gasteiger partial charge in [-0.2, -0.15) is 0 Å². The third-order valence-corrected chi connectivity index (χ3v) is 6.48. The van der Waals surface area contributed by atoms with Crippen LogP contribution in [-0.4, -0.2) is 32.8 Å². The first-order valence-electron chi connectivity index (χ1n) is 9.85. The molecular formula is C22H19N3O4. The number of carbonyl (C=O) groups is 1. The number of phenols is 1. The van der Waals surface area contributed by atoms with Crippen molar-refractivity contribution < 1.29 is 14.6 Å². The molecular weight excluding hydrogens is 370 g/mol. The van der Waals surface area contributed by atoms with E-state index in [1.807, 2.05) is 0 Å². The Morgan fingerprint density at radius 1 is 1.17 bits per heavy atom. The molecule has 0 radical (unpaired) electrons. The number of fused-ring (bicyclic) bond motifs is 6. The van der Waals surface area contributed by atoms with E-state index in [9.17, 15) is 14.7 Å². The van der Waals surface area contributed by atoms with Crippen LogP contribution < -0.4 is 10.9 Å². The molecule has 1 saturated carbocycles. The molecule has 7 nitrogen and oxygen atoms in total. The van der Waals surface area contributed by atoms with Crippen molar-refractivity contribution in [1.29, 1.82) is 0 Å². The lowest BCUT2D eigenvalue weighted by Crippen LogP contribution is -2.32. The van der Waals surface area contributed by atoms with Gasteiger partial charge < -0.3 is 15.2 Å². The summed E-state index contributed by atoms with van der Waals surface area (Å²) in [5, 5.41) is 13.1. The highest BCUT2D eigenvalue weighted by Gasteiger charge is 2.64. The SMILES string of the molecule is O=C(Nc1ccc2ncn(-c3cccc(O)c3)c(=O)c2c1)[C@@H]1C[C@@H]2O[C@H]1[C@H]1C[C@H]12. The Morgan fingerprint density at radius 2 is 2.07 bits per heavy atom. The van der Waals surface area contributed by atoms with Gasteiger partial charge in [-0.1, -0.05) is 6.07 Å². The van der Waals surface area contributed by atoms with Gasteiger partial charge in [0.15, 0.2) is 0 Å². The third-order valence-electron chi connectivity index (χ3n) is 6.48. The van der Waals surface area contributed by atoms with Gasteiger partial charge in [-0.25, -0.2) is 4.98 Å². The number of nitrogens with zero attached hydrogens (tertiary/aromatic N) is 2. The van der Waals surface area contributed by atoms with Crippen molar-refractivity contribution in [2.45, 2.75) is 25.0 Å². The van der Waals surface area contributed by atoms with Gasteiger partial charge in [0.25, 0.3) is 5.56 Å². The van der Waals surface area contributed by atoms with E-state index in [1.165, 1.54) is 23.4 Å². The van der Waals surface area contributed by atoms with E-state index >= 15 is 0 Å². The Kier molecular flexibility index (Phi) is 3.41. The Hall–Kier alpha value is -3.19. The Morgan fingerprint density at radius 3 is 2.86 bits per heavy atom. The first kappa shape index (κ1) is 16.7. The Balaban J connectivity index is 1.31. The summed E-state index contributed by atoms with van der Waals surface area (Å²) in [5.74, 6) is 1.14. The van der Waals surface area contributed by atoms with E-state index in [0.717, 1.165) is 6.42 Å². The highest BCUT2D eigenvalue weighted by Crippen LogP contribution is 2.60. The first-order valence-corrected chi connectivity index (χ1v) is 9.85. The molecule has 3 aliphatic rings. The molecule has 2 bridgehead atoms. The topological polar surface area (TPSA) is 93.5 Å². The zero-order valence-electron chi connectivity index (χ0n) is 15.5. The van der Waals surface area contributed by atoms with Gasteiger partial charge in [-0.05, 0) is 55.0 Å². The molecule has 5 atom stereocenters. The van der Waals surface area contributed by atoms with Crippen molar-refractivity contribution in [2.75, 3.05) is 5.32 Å². The van der Waals surface area contributed by atoms with Crippen LogP contribution in [0.4, 0.5) is 5.69 Å². The third kappa shape index (κ3) is 2.57. The van der Waals surface area contributed by atoms with E-state index < -0.39 is 0 Å². The second-order valence-corrected chi connectivity index (χ2v) is 8.21. The van der Waals surface area contributed by atoms with E-state index in [0.29, 0.717) is 34.1 Å². The summed E-state index contributed by atoms with van der Waals surface area (Å²) in [4.78, 5) is 30.1. The van der Waals surface area contributed by atoms with Crippen LogP contribution in [-0.2, 0) is 9.53 Å². The molecule has 2 N–H and O–H groups in total. The van der Waals surface area contributed by atoms with Crippen molar-refractivity contribution in [3.8, 4) is 11.4 Å². The molecule has 29 heavy (non-hydrogen) atoms. The van der Waals surface area contributed by atoms with Crippen molar-refractivity contribution in [2.24, 2.45) is 17.8 Å². The molecule has 0 spiro atoms. The van der Waals surface area contributed by atoms with E-state index in [2.05, 4.69) is 10.3 Å². The fraction of sp³-hybridized carbons (Fsp3) is 0.318. The number of hydrogen-bond acceptors (Lipinski definition) is 5. The molecule has 2 aromatic carbocycles. The summed E-state index contributed by atoms with van der Waals surface area (Å²) in [5.41, 5.74) is 1.39. The molecule has 1 aromatic heterocycles. The van der Waals surface area contributed by atoms with Crippen LogP contribution in [0.25, 0.3) is 16.6 Å². The molecule has 3 aromatic rings. The van der Waals surface area contributed by atoms with Gasteiger partial charge >= 0.3 is 0 Å². The van der Waals surface area contributed by atoms with Crippen molar-refractivity contribution in [1.82, 2.24) is 9.55 Å². The van der Waals surface area contributed by atoms with E-state index in [-0.39, 0.29) is 35.3 Å². The number of phenolic OH excluding ortho intramolecular Hbond substituents is 1. The minimum absolute atomic E-state index is 0.0422. The van der Waals surface area contributed by atoms with Gasteiger partial charge in [-0.3, -0.25) is 14.2 Å². The smallest absolute Gasteiger partial charge is 0.265 e. The first-order chi connectivity index (χ1) is 14.1. The second-order valence-electron chi connectivity index (χ2n) is 8.21. The van der Waals surface area contributed by atoms with Crippen LogP contribution >= 0.6 is 0 Å². The van der Waals surface area contributed by atoms with Gasteiger partial charge in [0.2, 0.25) is 5.91 Å². The summed E-state index contributed by atoms with van der Waals surface area (Å²) >= 11 is 0. The van der Waals surface area contributed by atoms with Crippen LogP contribution in [0.2, 0.25) is 0 Å². The molecule has 2 saturated heterocycles. The number of anilines is 1. The quantitative estimate of drug-likeness (QED) is 0.718. The van der Waals surface area contributed by atoms with Crippen molar-refractivity contribution >= 4 is 22.5 Å². The lowest BCUT2D eigenvalue weighted by atomic mass is 9.88. The molecule has 0 unspecified atom stereocenters. The summed E-state index contributed by atoms with van der Waals surface area (Å²) in [7, 11) is 0. The number of aromatic hydroxyl groups is 1. The van der Waals surface area contributed by atoms with Crippen molar-refractivity contribution in [3.63, 3.8) is 0 Å². The second kappa shape index (κ2) is 5.90. The predicted molar refractivity (Wildman–Crippen MR) is 106 cm³/mol. The lowest BCUT2D eigenvalue weighted by Gasteiger charge is -2.18. The number of ether oxygens (including phenoxy) is 1. The normalized spacial score (nSPS) is 29.0. The molecule has 3 heterocycles. The molecule has 146 valence electrons. The van der Waals surface area contributed by atoms with Gasteiger partial charge in [-0.15, -0.1) is 0 Å². The van der Waals surface area contributed by atoms with Crippen LogP contribution in [0, 0.1) is 17.8 Å².